The van der Waals surface area contributed by atoms with Crippen molar-refractivity contribution < 1.29 is 5.11 Å². The molecule has 4 rings (SSSR count). The van der Waals surface area contributed by atoms with Crippen LogP contribution in [0.4, 0.5) is 0 Å². The van der Waals surface area contributed by atoms with Crippen LogP contribution in [0.2, 0.25) is 0 Å². The molecular weight excluding hydrogens is 400 g/mol. The third-order valence-corrected chi connectivity index (χ3v) is 11.5. The number of fused-ring (bicyclic) bond motifs is 5. The van der Waals surface area contributed by atoms with Gasteiger partial charge in [0.25, 0.3) is 0 Å². The number of allylic oxidation sites excluding steroid dienone is 2. The van der Waals surface area contributed by atoms with E-state index >= 15 is 0 Å². The van der Waals surface area contributed by atoms with Crippen LogP contribution < -0.4 is 0 Å². The molecule has 0 aromatic rings. The van der Waals surface area contributed by atoms with Gasteiger partial charge in [-0.2, -0.15) is 0 Å². The fourth-order valence-corrected chi connectivity index (χ4v) is 9.48. The molecule has 33 heavy (non-hydrogen) atoms. The summed E-state index contributed by atoms with van der Waals surface area (Å²) in [4.78, 5) is 0. The fourth-order valence-electron chi connectivity index (χ4n) is 9.48. The first-order chi connectivity index (χ1) is 15.6. The highest BCUT2D eigenvalue weighted by Gasteiger charge is 2.59. The van der Waals surface area contributed by atoms with Crippen molar-refractivity contribution in [1.29, 1.82) is 0 Å². The third kappa shape index (κ3) is 4.79. The van der Waals surface area contributed by atoms with Gasteiger partial charge in [-0.25, -0.2) is 0 Å². The van der Waals surface area contributed by atoms with Gasteiger partial charge >= 0.3 is 0 Å². The highest BCUT2D eigenvalue weighted by molar-refractivity contribution is 5.25. The van der Waals surface area contributed by atoms with E-state index in [0.29, 0.717) is 16.7 Å². The maximum atomic E-state index is 10.4. The summed E-state index contributed by atoms with van der Waals surface area (Å²) >= 11 is 0. The van der Waals surface area contributed by atoms with Crippen molar-refractivity contribution in [2.45, 2.75) is 125 Å². The summed E-state index contributed by atoms with van der Waals surface area (Å²) in [7, 11) is 0. The van der Waals surface area contributed by atoms with Crippen molar-refractivity contribution in [3.63, 3.8) is 0 Å². The molecule has 1 nitrogen and oxygen atoms in total. The molecule has 1 heteroatoms. The predicted molar refractivity (Wildman–Crippen MR) is 142 cm³/mol. The summed E-state index contributed by atoms with van der Waals surface area (Å²) in [5.74, 6) is 6.11. The molecule has 4 aliphatic rings. The zero-order chi connectivity index (χ0) is 24.0. The summed E-state index contributed by atoms with van der Waals surface area (Å²) in [6.07, 6.45) is 18.7. The van der Waals surface area contributed by atoms with E-state index in [1.165, 1.54) is 70.6 Å². The van der Waals surface area contributed by atoms with Gasteiger partial charge in [0.05, 0.1) is 6.10 Å². The molecule has 3 fully saturated rings. The van der Waals surface area contributed by atoms with E-state index < -0.39 is 0 Å². The summed E-state index contributed by atoms with van der Waals surface area (Å²) in [6.45, 7) is 18.6. The highest BCUT2D eigenvalue weighted by atomic mass is 16.3. The highest BCUT2D eigenvalue weighted by Crippen LogP contribution is 2.67. The van der Waals surface area contributed by atoms with Crippen LogP contribution in [0.1, 0.15) is 119 Å². The summed E-state index contributed by atoms with van der Waals surface area (Å²) in [6, 6.07) is 0. The first-order valence-electron chi connectivity index (χ1n) is 14.6. The number of aliphatic hydroxyl groups excluding tert-OH is 1. The molecular formula is C32H54O. The Hall–Kier alpha value is -0.560. The topological polar surface area (TPSA) is 20.2 Å². The van der Waals surface area contributed by atoms with Crippen molar-refractivity contribution in [3.05, 3.63) is 23.8 Å². The predicted octanol–water partition coefficient (Wildman–Crippen LogP) is 8.97. The second-order valence-electron chi connectivity index (χ2n) is 14.0. The van der Waals surface area contributed by atoms with Gasteiger partial charge in [0.15, 0.2) is 0 Å². The van der Waals surface area contributed by atoms with Gasteiger partial charge in [-0.05, 0) is 117 Å². The van der Waals surface area contributed by atoms with Crippen LogP contribution >= 0.6 is 0 Å². The van der Waals surface area contributed by atoms with Gasteiger partial charge in [-0.1, -0.05) is 77.7 Å². The number of hydrogen-bond donors (Lipinski definition) is 1. The van der Waals surface area contributed by atoms with E-state index in [1.807, 2.05) is 6.92 Å². The Morgan fingerprint density at radius 1 is 1.06 bits per heavy atom. The molecule has 0 aromatic heterocycles. The Morgan fingerprint density at radius 3 is 2.52 bits per heavy atom. The molecule has 188 valence electrons. The van der Waals surface area contributed by atoms with Crippen molar-refractivity contribution in [1.82, 2.24) is 0 Å². The molecule has 1 N–H and O–H groups in total. The SMILES string of the molecule is C=C(C)C(O)CC1CCC2(C)C(=CCC3C2CCC2(C)C(C(C)CCCC(C)C)CCC32)C1. The average molecular weight is 455 g/mol. The molecule has 4 aliphatic carbocycles. The van der Waals surface area contributed by atoms with Gasteiger partial charge in [0.2, 0.25) is 0 Å². The largest absolute Gasteiger partial charge is 0.389 e. The normalized spacial score (nSPS) is 42.2. The fraction of sp³-hybridized carbons (Fsp3) is 0.875. The van der Waals surface area contributed by atoms with E-state index in [4.69, 9.17) is 0 Å². The molecule has 3 saturated carbocycles. The van der Waals surface area contributed by atoms with Crippen LogP contribution in [-0.2, 0) is 0 Å². The third-order valence-electron chi connectivity index (χ3n) is 11.5. The zero-order valence-corrected chi connectivity index (χ0v) is 22.8. The quantitative estimate of drug-likeness (QED) is 0.363. The zero-order valence-electron chi connectivity index (χ0n) is 22.8. The van der Waals surface area contributed by atoms with Gasteiger partial charge in [0, 0.05) is 0 Å². The van der Waals surface area contributed by atoms with E-state index in [2.05, 4.69) is 47.3 Å². The monoisotopic (exact) mass is 454 g/mol. The van der Waals surface area contributed by atoms with E-state index in [0.717, 1.165) is 47.5 Å². The lowest BCUT2D eigenvalue weighted by molar-refractivity contribution is -0.0536. The lowest BCUT2D eigenvalue weighted by atomic mass is 9.46. The first-order valence-corrected chi connectivity index (χ1v) is 14.6. The molecule has 0 heterocycles. The van der Waals surface area contributed by atoms with Crippen LogP contribution in [0, 0.1) is 52.3 Å². The second-order valence-corrected chi connectivity index (χ2v) is 14.0. The van der Waals surface area contributed by atoms with Crippen LogP contribution in [-0.4, -0.2) is 11.2 Å². The molecule has 0 aliphatic heterocycles. The molecule has 0 saturated heterocycles. The lowest BCUT2D eigenvalue weighted by Crippen LogP contribution is -2.50. The Balaban J connectivity index is 1.45. The summed E-state index contributed by atoms with van der Waals surface area (Å²) < 4.78 is 0. The molecule has 0 radical (unpaired) electrons. The smallest absolute Gasteiger partial charge is 0.0747 e. The second kappa shape index (κ2) is 9.83. The number of aliphatic hydroxyl groups is 1. The molecule has 9 unspecified atom stereocenters. The van der Waals surface area contributed by atoms with Crippen molar-refractivity contribution in [2.75, 3.05) is 0 Å². The van der Waals surface area contributed by atoms with Crippen LogP contribution in [0.25, 0.3) is 0 Å². The Labute approximate surface area is 205 Å². The maximum Gasteiger partial charge on any atom is 0.0747 e. The minimum absolute atomic E-state index is 0.315. The minimum Gasteiger partial charge on any atom is -0.389 e. The first kappa shape index (κ1) is 25.5. The molecule has 0 amide bonds. The van der Waals surface area contributed by atoms with Crippen LogP contribution in [0.15, 0.2) is 23.8 Å². The van der Waals surface area contributed by atoms with Crippen LogP contribution in [0.5, 0.6) is 0 Å². The standard InChI is InChI=1S/C32H54O/c1-21(2)9-8-10-23(5)27-13-14-28-26-12-11-25-19-24(20-30(33)22(3)4)15-17-31(25,6)29(26)16-18-32(27,28)7/h11,21,23-24,26-30,33H,3,8-10,12-20H2,1-2,4-7H3. The van der Waals surface area contributed by atoms with Gasteiger partial charge < -0.3 is 5.11 Å². The number of hydrogen-bond acceptors (Lipinski definition) is 1. The van der Waals surface area contributed by atoms with Crippen LogP contribution in [0.3, 0.4) is 0 Å². The Kier molecular flexibility index (Phi) is 7.60. The average Bonchev–Trinajstić information content (AvgIpc) is 3.11. The minimum atomic E-state index is -0.315. The molecule has 0 spiro atoms. The molecule has 9 atom stereocenters. The molecule has 0 bridgehead atoms. The van der Waals surface area contributed by atoms with Crippen molar-refractivity contribution in [3.8, 4) is 0 Å². The van der Waals surface area contributed by atoms with Crippen molar-refractivity contribution >= 4 is 0 Å². The van der Waals surface area contributed by atoms with E-state index in [9.17, 15) is 5.11 Å². The Morgan fingerprint density at radius 2 is 1.82 bits per heavy atom. The van der Waals surface area contributed by atoms with Gasteiger partial charge in [0.1, 0.15) is 0 Å². The maximum absolute atomic E-state index is 10.4. The summed E-state index contributed by atoms with van der Waals surface area (Å²) in [5, 5.41) is 10.4. The lowest BCUT2D eigenvalue weighted by Gasteiger charge is -2.58. The number of rotatable bonds is 8. The van der Waals surface area contributed by atoms with E-state index in [1.54, 1.807) is 5.57 Å². The Bertz CT molecular complexity index is 733. The van der Waals surface area contributed by atoms with Gasteiger partial charge in [-0.15, -0.1) is 0 Å². The van der Waals surface area contributed by atoms with Crippen molar-refractivity contribution in [2.24, 2.45) is 52.3 Å². The molecule has 0 aromatic carbocycles. The van der Waals surface area contributed by atoms with E-state index in [-0.39, 0.29) is 6.10 Å². The van der Waals surface area contributed by atoms with Gasteiger partial charge in [-0.3, -0.25) is 0 Å². The summed E-state index contributed by atoms with van der Waals surface area (Å²) in [5.41, 5.74) is 3.70.